The van der Waals surface area contributed by atoms with E-state index in [1.165, 1.54) is 57.8 Å². The number of rotatable bonds is 7. The molecule has 1 aliphatic heterocycles. The van der Waals surface area contributed by atoms with Crippen molar-refractivity contribution < 1.29 is 9.47 Å². The Balaban J connectivity index is 1.45. The number of hydrogen-bond donors (Lipinski definition) is 2. The Hall–Kier alpha value is -0.810. The van der Waals surface area contributed by atoms with Gasteiger partial charge in [-0.15, -0.1) is 0 Å². The summed E-state index contributed by atoms with van der Waals surface area (Å²) in [4.78, 5) is 5.11. The Kier molecular flexibility index (Phi) is 5.98. The lowest BCUT2D eigenvalue weighted by atomic mass is 9.54. The van der Waals surface area contributed by atoms with Crippen molar-refractivity contribution >= 4 is 5.96 Å². The SMILES string of the molecule is CCNC(=NCC1(CCOC)CCCC1)NC1C2CCOC2C12CCCC2. The topological polar surface area (TPSA) is 54.9 Å². The minimum atomic E-state index is 0.349. The molecule has 3 aliphatic carbocycles. The molecule has 154 valence electrons. The Labute approximate surface area is 165 Å². The zero-order chi connectivity index (χ0) is 18.7. The fourth-order valence-electron chi connectivity index (χ4n) is 6.55. The number of hydrogen-bond acceptors (Lipinski definition) is 3. The van der Waals surface area contributed by atoms with Crippen LogP contribution < -0.4 is 10.6 Å². The molecule has 0 aromatic carbocycles. The number of methoxy groups -OCH3 is 1. The lowest BCUT2D eigenvalue weighted by Gasteiger charge is -2.57. The number of guanidine groups is 1. The largest absolute Gasteiger partial charge is 0.385 e. The fraction of sp³-hybridized carbons (Fsp3) is 0.955. The highest BCUT2D eigenvalue weighted by molar-refractivity contribution is 5.80. The summed E-state index contributed by atoms with van der Waals surface area (Å²) < 4.78 is 11.5. The highest BCUT2D eigenvalue weighted by Crippen LogP contribution is 2.60. The van der Waals surface area contributed by atoms with Gasteiger partial charge in [-0.1, -0.05) is 25.7 Å². The highest BCUT2D eigenvalue weighted by Gasteiger charge is 2.65. The predicted octanol–water partition coefficient (Wildman–Crippen LogP) is 3.49. The van der Waals surface area contributed by atoms with E-state index in [-0.39, 0.29) is 0 Å². The first kappa shape index (κ1) is 19.5. The van der Waals surface area contributed by atoms with Crippen molar-refractivity contribution in [2.24, 2.45) is 21.7 Å². The Morgan fingerprint density at radius 2 is 1.89 bits per heavy atom. The second-order valence-electron chi connectivity index (χ2n) is 9.45. The number of aliphatic imine (C=N–C) groups is 1. The predicted molar refractivity (Wildman–Crippen MR) is 109 cm³/mol. The monoisotopic (exact) mass is 377 g/mol. The van der Waals surface area contributed by atoms with Gasteiger partial charge in [0.25, 0.3) is 0 Å². The van der Waals surface area contributed by atoms with Gasteiger partial charge in [-0.2, -0.15) is 0 Å². The van der Waals surface area contributed by atoms with Crippen molar-refractivity contribution in [1.82, 2.24) is 10.6 Å². The third-order valence-corrected chi connectivity index (χ3v) is 8.00. The van der Waals surface area contributed by atoms with Crippen molar-refractivity contribution in [3.63, 3.8) is 0 Å². The van der Waals surface area contributed by atoms with Crippen LogP contribution in [0.4, 0.5) is 0 Å². The molecule has 0 bridgehead atoms. The van der Waals surface area contributed by atoms with Crippen LogP contribution in [0.25, 0.3) is 0 Å². The van der Waals surface area contributed by atoms with Crippen molar-refractivity contribution in [1.29, 1.82) is 0 Å². The molecule has 0 aromatic rings. The van der Waals surface area contributed by atoms with Gasteiger partial charge in [-0.25, -0.2) is 0 Å². The van der Waals surface area contributed by atoms with Crippen molar-refractivity contribution in [2.45, 2.75) is 83.3 Å². The maximum atomic E-state index is 6.15. The summed E-state index contributed by atoms with van der Waals surface area (Å²) >= 11 is 0. The lowest BCUT2D eigenvalue weighted by molar-refractivity contribution is -0.125. The van der Waals surface area contributed by atoms with Crippen molar-refractivity contribution in [2.75, 3.05) is 33.4 Å². The summed E-state index contributed by atoms with van der Waals surface area (Å²) in [6, 6.07) is 0.545. The van der Waals surface area contributed by atoms with Crippen LogP contribution in [0.2, 0.25) is 0 Å². The quantitative estimate of drug-likeness (QED) is 0.527. The zero-order valence-electron chi connectivity index (χ0n) is 17.4. The molecule has 5 nitrogen and oxygen atoms in total. The first-order valence-corrected chi connectivity index (χ1v) is 11.4. The van der Waals surface area contributed by atoms with Gasteiger partial charge >= 0.3 is 0 Å². The van der Waals surface area contributed by atoms with Crippen LogP contribution in [0, 0.1) is 16.7 Å². The molecule has 2 N–H and O–H groups in total. The average molecular weight is 378 g/mol. The van der Waals surface area contributed by atoms with E-state index in [1.54, 1.807) is 0 Å². The summed E-state index contributed by atoms with van der Waals surface area (Å²) in [5, 5.41) is 7.42. The summed E-state index contributed by atoms with van der Waals surface area (Å²) in [7, 11) is 1.81. The minimum Gasteiger partial charge on any atom is -0.385 e. The van der Waals surface area contributed by atoms with Crippen LogP contribution in [0.1, 0.15) is 71.1 Å². The Morgan fingerprint density at radius 1 is 1.15 bits per heavy atom. The van der Waals surface area contributed by atoms with Gasteiger partial charge in [-0.3, -0.25) is 4.99 Å². The maximum Gasteiger partial charge on any atom is 0.191 e. The van der Waals surface area contributed by atoms with Gasteiger partial charge in [0, 0.05) is 50.8 Å². The molecule has 5 heteroatoms. The molecule has 0 amide bonds. The highest BCUT2D eigenvalue weighted by atomic mass is 16.5. The number of ether oxygens (including phenoxy) is 2. The number of fused-ring (bicyclic) bond motifs is 2. The van der Waals surface area contributed by atoms with Gasteiger partial charge in [-0.05, 0) is 50.9 Å². The first-order chi connectivity index (χ1) is 13.2. The van der Waals surface area contributed by atoms with Crippen LogP contribution in [0.3, 0.4) is 0 Å². The van der Waals surface area contributed by atoms with Gasteiger partial charge in [0.15, 0.2) is 5.96 Å². The molecular weight excluding hydrogens is 338 g/mol. The van der Waals surface area contributed by atoms with Gasteiger partial charge in [0.2, 0.25) is 0 Å². The third-order valence-electron chi connectivity index (χ3n) is 8.00. The molecule has 1 heterocycles. The average Bonchev–Trinajstić information content (AvgIpc) is 3.42. The van der Waals surface area contributed by atoms with Gasteiger partial charge in [0.05, 0.1) is 6.10 Å². The van der Waals surface area contributed by atoms with E-state index in [1.807, 2.05) is 7.11 Å². The molecule has 3 saturated carbocycles. The lowest BCUT2D eigenvalue weighted by Crippen LogP contribution is -2.69. The molecule has 27 heavy (non-hydrogen) atoms. The van der Waals surface area contributed by atoms with Crippen LogP contribution >= 0.6 is 0 Å². The van der Waals surface area contributed by atoms with Crippen LogP contribution in [-0.2, 0) is 9.47 Å². The first-order valence-electron chi connectivity index (χ1n) is 11.4. The van der Waals surface area contributed by atoms with Crippen LogP contribution in [0.5, 0.6) is 0 Å². The Bertz CT molecular complexity index is 524. The second-order valence-corrected chi connectivity index (χ2v) is 9.45. The van der Waals surface area contributed by atoms with E-state index in [0.717, 1.165) is 38.7 Å². The summed E-state index contributed by atoms with van der Waals surface area (Å²) in [5.41, 5.74) is 0.723. The van der Waals surface area contributed by atoms with E-state index < -0.39 is 0 Å². The maximum absolute atomic E-state index is 6.15. The van der Waals surface area contributed by atoms with Gasteiger partial charge in [0.1, 0.15) is 0 Å². The zero-order valence-corrected chi connectivity index (χ0v) is 17.4. The van der Waals surface area contributed by atoms with Crippen molar-refractivity contribution in [3.05, 3.63) is 0 Å². The molecule has 0 radical (unpaired) electrons. The van der Waals surface area contributed by atoms with E-state index in [9.17, 15) is 0 Å². The smallest absolute Gasteiger partial charge is 0.191 e. The molecule has 4 aliphatic rings. The molecule has 1 saturated heterocycles. The van der Waals surface area contributed by atoms with E-state index in [4.69, 9.17) is 14.5 Å². The standard InChI is InChI=1S/C22H39N3O2/c1-3-23-20(24-16-21(13-15-26-2)9-4-5-10-21)25-18-17-8-14-27-19(17)22(18)11-6-7-12-22/h17-19H,3-16H2,1-2H3,(H2,23,24,25). The van der Waals surface area contributed by atoms with E-state index in [2.05, 4.69) is 17.6 Å². The second kappa shape index (κ2) is 8.28. The van der Waals surface area contributed by atoms with Crippen LogP contribution in [-0.4, -0.2) is 51.5 Å². The van der Waals surface area contributed by atoms with E-state index >= 15 is 0 Å². The summed E-state index contributed by atoms with van der Waals surface area (Å²) in [5.74, 6) is 1.71. The fourth-order valence-corrected chi connectivity index (χ4v) is 6.55. The summed E-state index contributed by atoms with van der Waals surface area (Å²) in [6.45, 7) is 5.81. The molecule has 1 spiro atoms. The molecule has 3 unspecified atom stereocenters. The normalized spacial score (nSPS) is 33.9. The molecule has 4 rings (SSSR count). The Morgan fingerprint density at radius 3 is 2.59 bits per heavy atom. The minimum absolute atomic E-state index is 0.349. The molecule has 3 atom stereocenters. The molecule has 4 fully saturated rings. The molecule has 0 aromatic heterocycles. The third kappa shape index (κ3) is 3.62. The molecular formula is C22H39N3O2. The number of nitrogens with one attached hydrogen (secondary N) is 2. The van der Waals surface area contributed by atoms with Gasteiger partial charge < -0.3 is 20.1 Å². The summed E-state index contributed by atoms with van der Waals surface area (Å²) in [6.07, 6.45) is 13.5. The van der Waals surface area contributed by atoms with Crippen LogP contribution in [0.15, 0.2) is 4.99 Å². The van der Waals surface area contributed by atoms with Crippen molar-refractivity contribution in [3.8, 4) is 0 Å². The number of nitrogens with zero attached hydrogens (tertiary/aromatic N) is 1. The van der Waals surface area contributed by atoms with E-state index in [0.29, 0.717) is 28.9 Å².